The van der Waals surface area contributed by atoms with Gasteiger partial charge in [-0.3, -0.25) is 9.69 Å². The number of rotatable bonds is 3. The summed E-state index contributed by atoms with van der Waals surface area (Å²) < 4.78 is 19.6. The van der Waals surface area contributed by atoms with Crippen LogP contribution in [0, 0.1) is 5.82 Å². The van der Waals surface area contributed by atoms with E-state index in [1.54, 1.807) is 25.2 Å². The van der Waals surface area contributed by atoms with Crippen molar-refractivity contribution in [2.75, 3.05) is 14.2 Å². The molecular weight excluding hydrogens is 321 g/mol. The predicted octanol–water partition coefficient (Wildman–Crippen LogP) is 2.89. The zero-order valence-corrected chi connectivity index (χ0v) is 14.4. The van der Waals surface area contributed by atoms with Crippen molar-refractivity contribution < 1.29 is 13.9 Å². The molecule has 2 aromatic carbocycles. The summed E-state index contributed by atoms with van der Waals surface area (Å²) >= 11 is 0. The summed E-state index contributed by atoms with van der Waals surface area (Å²) in [7, 11) is 3.03. The Labute approximate surface area is 145 Å². The van der Waals surface area contributed by atoms with Crippen LogP contribution in [0.2, 0.25) is 0 Å². The number of carbonyl (C=O) groups excluding carboxylic acids is 1. The number of aliphatic imine (C=N–C) groups is 1. The van der Waals surface area contributed by atoms with E-state index in [1.807, 2.05) is 31.2 Å². The molecule has 0 saturated heterocycles. The fraction of sp³-hybridized carbons (Fsp3) is 0.263. The van der Waals surface area contributed by atoms with Gasteiger partial charge in [-0.15, -0.1) is 0 Å². The Morgan fingerprint density at radius 2 is 2.00 bits per heavy atom. The number of hydrogen-bond donors (Lipinski definition) is 1. The second kappa shape index (κ2) is 6.20. The van der Waals surface area contributed by atoms with Crippen LogP contribution in [0.5, 0.6) is 5.75 Å². The zero-order chi connectivity index (χ0) is 18.2. The van der Waals surface area contributed by atoms with Crippen molar-refractivity contribution in [3.05, 3.63) is 53.8 Å². The van der Waals surface area contributed by atoms with Crippen LogP contribution in [0.15, 0.2) is 47.5 Å². The lowest BCUT2D eigenvalue weighted by atomic mass is 9.86. The third-order valence-electron chi connectivity index (χ3n) is 4.55. The van der Waals surface area contributed by atoms with E-state index in [9.17, 15) is 9.18 Å². The van der Waals surface area contributed by atoms with Gasteiger partial charge in [0.1, 0.15) is 0 Å². The molecule has 2 N–H and O–H groups in total. The van der Waals surface area contributed by atoms with Crippen LogP contribution in [0.3, 0.4) is 0 Å². The summed E-state index contributed by atoms with van der Waals surface area (Å²) in [6.07, 6.45) is 0.203. The molecule has 1 unspecified atom stereocenters. The molecule has 25 heavy (non-hydrogen) atoms. The molecule has 0 bridgehead atoms. The lowest BCUT2D eigenvalue weighted by Gasteiger charge is -2.33. The van der Waals surface area contributed by atoms with Crippen LogP contribution in [-0.2, 0) is 10.3 Å². The summed E-state index contributed by atoms with van der Waals surface area (Å²) in [5.41, 5.74) is 7.02. The van der Waals surface area contributed by atoms with Gasteiger partial charge in [0.2, 0.25) is 5.91 Å². The van der Waals surface area contributed by atoms with Gasteiger partial charge in [-0.05, 0) is 30.2 Å². The fourth-order valence-corrected chi connectivity index (χ4v) is 2.99. The molecule has 3 rings (SSSR count). The molecule has 0 saturated carbocycles. The quantitative estimate of drug-likeness (QED) is 0.933. The number of nitrogens with two attached hydrogens (primary N) is 1. The van der Waals surface area contributed by atoms with E-state index in [4.69, 9.17) is 10.5 Å². The van der Waals surface area contributed by atoms with Crippen molar-refractivity contribution >= 4 is 11.9 Å². The molecular formula is C19H20FN3O2. The monoisotopic (exact) mass is 341 g/mol. The van der Waals surface area contributed by atoms with E-state index >= 15 is 0 Å². The average molecular weight is 341 g/mol. The van der Waals surface area contributed by atoms with Gasteiger partial charge in [0.05, 0.1) is 19.1 Å². The molecule has 2 aromatic rings. The maximum atomic E-state index is 14.6. The number of benzene rings is 2. The number of ether oxygens (including phenoxy) is 1. The second-order valence-corrected chi connectivity index (χ2v) is 6.28. The molecule has 1 heterocycles. The Bertz CT molecular complexity index is 865. The summed E-state index contributed by atoms with van der Waals surface area (Å²) in [5.74, 6) is -0.162. The van der Waals surface area contributed by atoms with Crippen molar-refractivity contribution in [3.8, 4) is 16.9 Å². The van der Waals surface area contributed by atoms with Crippen molar-refractivity contribution in [1.82, 2.24) is 4.90 Å². The van der Waals surface area contributed by atoms with Gasteiger partial charge in [-0.1, -0.05) is 30.3 Å². The van der Waals surface area contributed by atoms with Gasteiger partial charge in [0, 0.05) is 12.6 Å². The minimum Gasteiger partial charge on any atom is -0.494 e. The van der Waals surface area contributed by atoms with E-state index in [0.717, 1.165) is 5.56 Å². The van der Waals surface area contributed by atoms with Crippen molar-refractivity contribution in [3.63, 3.8) is 0 Å². The molecule has 5 nitrogen and oxygen atoms in total. The molecule has 0 fully saturated rings. The first kappa shape index (κ1) is 17.0. The van der Waals surface area contributed by atoms with Crippen LogP contribution in [-0.4, -0.2) is 30.9 Å². The van der Waals surface area contributed by atoms with Gasteiger partial charge < -0.3 is 10.5 Å². The first-order valence-corrected chi connectivity index (χ1v) is 7.91. The highest BCUT2D eigenvalue weighted by molar-refractivity contribution is 5.98. The van der Waals surface area contributed by atoms with Crippen LogP contribution in [0.4, 0.5) is 4.39 Å². The maximum absolute atomic E-state index is 14.6. The first-order chi connectivity index (χ1) is 11.9. The molecule has 0 radical (unpaired) electrons. The fourth-order valence-electron chi connectivity index (χ4n) is 2.99. The van der Waals surface area contributed by atoms with E-state index < -0.39 is 11.4 Å². The molecule has 0 aromatic heterocycles. The van der Waals surface area contributed by atoms with Crippen molar-refractivity contribution in [1.29, 1.82) is 0 Å². The largest absolute Gasteiger partial charge is 0.494 e. The van der Waals surface area contributed by atoms with Gasteiger partial charge in [-0.25, -0.2) is 9.38 Å². The summed E-state index contributed by atoms with van der Waals surface area (Å²) in [6, 6.07) is 12.4. The summed E-state index contributed by atoms with van der Waals surface area (Å²) in [5, 5.41) is 0. The SMILES string of the molecule is COc1cccc(-c2cccc(C3(C)CC(=O)N(C)C(N)=N3)c2)c1F. The maximum Gasteiger partial charge on any atom is 0.231 e. The molecule has 1 amide bonds. The van der Waals surface area contributed by atoms with E-state index in [0.29, 0.717) is 11.1 Å². The second-order valence-electron chi connectivity index (χ2n) is 6.28. The summed E-state index contributed by atoms with van der Waals surface area (Å²) in [4.78, 5) is 18.0. The Balaban J connectivity index is 2.08. The number of nitrogens with zero attached hydrogens (tertiary/aromatic N) is 2. The van der Waals surface area contributed by atoms with Crippen molar-refractivity contribution in [2.45, 2.75) is 18.9 Å². The molecule has 1 aliphatic heterocycles. The molecule has 1 atom stereocenters. The molecule has 1 aliphatic rings. The van der Waals surface area contributed by atoms with E-state index in [1.165, 1.54) is 12.0 Å². The standard InChI is InChI=1S/C19H20FN3O2/c1-19(11-16(24)23(2)18(21)22-19)13-7-4-6-12(10-13)14-8-5-9-15(25-3)17(14)20/h4-10H,11H2,1-3H3,(H2,21,22). The van der Waals surface area contributed by atoms with Crippen LogP contribution in [0.1, 0.15) is 18.9 Å². The van der Waals surface area contributed by atoms with E-state index in [-0.39, 0.29) is 24.0 Å². The highest BCUT2D eigenvalue weighted by atomic mass is 19.1. The van der Waals surface area contributed by atoms with Gasteiger partial charge in [-0.2, -0.15) is 0 Å². The third-order valence-corrected chi connectivity index (χ3v) is 4.55. The summed E-state index contributed by atoms with van der Waals surface area (Å²) in [6.45, 7) is 1.85. The minimum atomic E-state index is -0.779. The Morgan fingerprint density at radius 1 is 1.28 bits per heavy atom. The zero-order valence-electron chi connectivity index (χ0n) is 14.4. The number of guanidine groups is 1. The number of carbonyl (C=O) groups is 1. The lowest BCUT2D eigenvalue weighted by Crippen LogP contribution is -2.47. The van der Waals surface area contributed by atoms with Gasteiger partial charge in [0.15, 0.2) is 17.5 Å². The molecule has 130 valence electrons. The highest BCUT2D eigenvalue weighted by Crippen LogP contribution is 2.36. The first-order valence-electron chi connectivity index (χ1n) is 7.91. The third kappa shape index (κ3) is 2.95. The smallest absolute Gasteiger partial charge is 0.231 e. The average Bonchev–Trinajstić information content (AvgIpc) is 2.60. The number of amides is 1. The number of halogens is 1. The normalized spacial score (nSPS) is 20.4. The topological polar surface area (TPSA) is 67.9 Å². The Morgan fingerprint density at radius 3 is 2.68 bits per heavy atom. The van der Waals surface area contributed by atoms with Crippen molar-refractivity contribution in [2.24, 2.45) is 10.7 Å². The van der Waals surface area contributed by atoms with Gasteiger partial charge in [0.25, 0.3) is 0 Å². The Kier molecular flexibility index (Phi) is 4.20. The molecule has 6 heteroatoms. The highest BCUT2D eigenvalue weighted by Gasteiger charge is 2.36. The Hall–Kier alpha value is -2.89. The minimum absolute atomic E-state index is 0.104. The van der Waals surface area contributed by atoms with Crippen LogP contribution in [0.25, 0.3) is 11.1 Å². The predicted molar refractivity (Wildman–Crippen MR) is 94.7 cm³/mol. The van der Waals surface area contributed by atoms with Crippen LogP contribution >= 0.6 is 0 Å². The number of methoxy groups -OCH3 is 1. The number of hydrogen-bond acceptors (Lipinski definition) is 4. The lowest BCUT2D eigenvalue weighted by molar-refractivity contribution is -0.128. The van der Waals surface area contributed by atoms with Crippen LogP contribution < -0.4 is 10.5 Å². The van der Waals surface area contributed by atoms with E-state index in [2.05, 4.69) is 4.99 Å². The molecule has 0 aliphatic carbocycles. The van der Waals surface area contributed by atoms with Gasteiger partial charge >= 0.3 is 0 Å². The molecule has 0 spiro atoms.